The fourth-order valence-corrected chi connectivity index (χ4v) is 5.20. The molecule has 0 saturated carbocycles. The number of benzene rings is 1. The van der Waals surface area contributed by atoms with Crippen LogP contribution in [0.2, 0.25) is 0 Å². The molecule has 0 fully saturated rings. The van der Waals surface area contributed by atoms with Crippen molar-refractivity contribution in [3.63, 3.8) is 0 Å². The molecule has 0 atom stereocenters. The van der Waals surface area contributed by atoms with Gasteiger partial charge in [0.15, 0.2) is 0 Å². The second-order valence-electron chi connectivity index (χ2n) is 5.95. The zero-order chi connectivity index (χ0) is 19.6. The number of hydrogen-bond donors (Lipinski definition) is 1. The maximum absolute atomic E-state index is 12.6. The van der Waals surface area contributed by atoms with E-state index in [1.54, 1.807) is 19.1 Å². The molecule has 1 amide bonds. The number of ether oxygens (including phenoxy) is 1. The Balaban J connectivity index is 1.62. The number of thiophene rings is 1. The van der Waals surface area contributed by atoms with Gasteiger partial charge in [-0.15, -0.1) is 11.3 Å². The van der Waals surface area contributed by atoms with Gasteiger partial charge in [0.05, 0.1) is 11.4 Å². The van der Waals surface area contributed by atoms with E-state index in [-0.39, 0.29) is 22.9 Å². The number of hydrogen-bond acceptors (Lipinski definition) is 5. The Hall–Kier alpha value is -2.20. The van der Waals surface area contributed by atoms with E-state index in [2.05, 4.69) is 10.1 Å². The Morgan fingerprint density at radius 1 is 1.37 bits per heavy atom. The minimum Gasteiger partial charge on any atom is -0.433 e. The first-order valence-corrected chi connectivity index (χ1v) is 10.6. The molecule has 3 rings (SSSR count). The van der Waals surface area contributed by atoms with Gasteiger partial charge in [0.2, 0.25) is 10.0 Å². The molecule has 0 aliphatic carbocycles. The number of anilines is 1. The highest BCUT2D eigenvalue weighted by Gasteiger charge is 2.29. The topological polar surface area (TPSA) is 75.7 Å². The number of halogens is 2. The second kappa shape index (κ2) is 7.81. The molecule has 6 nitrogen and oxygen atoms in total. The van der Waals surface area contributed by atoms with Crippen LogP contribution in [0, 0.1) is 6.92 Å². The third-order valence-corrected chi connectivity index (χ3v) is 6.87. The average molecular weight is 416 g/mol. The first-order chi connectivity index (χ1) is 12.8. The second-order valence-corrected chi connectivity index (χ2v) is 9.22. The minimum atomic E-state index is -3.60. The van der Waals surface area contributed by atoms with Crippen molar-refractivity contribution in [3.05, 3.63) is 45.6 Å². The number of rotatable bonds is 7. The lowest BCUT2D eigenvalue weighted by Crippen LogP contribution is -2.36. The van der Waals surface area contributed by atoms with Gasteiger partial charge >= 0.3 is 6.61 Å². The quantitative estimate of drug-likeness (QED) is 0.753. The first kappa shape index (κ1) is 19.6. The number of para-hydroxylation sites is 1. The smallest absolute Gasteiger partial charge is 0.387 e. The zero-order valence-corrected chi connectivity index (χ0v) is 16.1. The molecule has 0 bridgehead atoms. The fraction of sp³-hybridized carbons (Fsp3) is 0.353. The molecule has 1 N–H and O–H groups in total. The SMILES string of the molecule is Cc1cc(OC(F)F)c(C(=O)NCCS(=O)(=O)N2CCc3ccccc32)s1. The van der Waals surface area contributed by atoms with E-state index in [1.165, 1.54) is 10.4 Å². The van der Waals surface area contributed by atoms with Crippen LogP contribution in [0.15, 0.2) is 30.3 Å². The highest BCUT2D eigenvalue weighted by Crippen LogP contribution is 2.31. The van der Waals surface area contributed by atoms with Gasteiger partial charge in [-0.1, -0.05) is 18.2 Å². The molecule has 0 saturated heterocycles. The number of fused-ring (bicyclic) bond motifs is 1. The van der Waals surface area contributed by atoms with Gasteiger partial charge in [-0.25, -0.2) is 8.42 Å². The lowest BCUT2D eigenvalue weighted by Gasteiger charge is -2.19. The van der Waals surface area contributed by atoms with Crippen LogP contribution in [0.1, 0.15) is 20.1 Å². The van der Waals surface area contributed by atoms with E-state index in [0.29, 0.717) is 23.5 Å². The lowest BCUT2D eigenvalue weighted by molar-refractivity contribution is -0.0498. The molecular weight excluding hydrogens is 398 g/mol. The Morgan fingerprint density at radius 2 is 2.11 bits per heavy atom. The predicted octanol–water partition coefficient (Wildman–Crippen LogP) is 2.78. The molecular formula is C17H18F2N2O4S2. The summed E-state index contributed by atoms with van der Waals surface area (Å²) in [5.41, 5.74) is 1.62. The highest BCUT2D eigenvalue weighted by atomic mass is 32.2. The molecule has 0 spiro atoms. The number of nitrogens with one attached hydrogen (secondary N) is 1. The summed E-state index contributed by atoms with van der Waals surface area (Å²) in [5, 5.41) is 2.47. The van der Waals surface area contributed by atoms with Crippen molar-refractivity contribution in [1.82, 2.24) is 5.32 Å². The van der Waals surface area contributed by atoms with Crippen molar-refractivity contribution >= 4 is 33.0 Å². The molecule has 2 aromatic rings. The van der Waals surface area contributed by atoms with Crippen molar-refractivity contribution in [2.24, 2.45) is 0 Å². The van der Waals surface area contributed by atoms with Gasteiger partial charge in [-0.3, -0.25) is 9.10 Å². The molecule has 2 heterocycles. The van der Waals surface area contributed by atoms with Crippen LogP contribution in [0.4, 0.5) is 14.5 Å². The average Bonchev–Trinajstić information content (AvgIpc) is 3.18. The van der Waals surface area contributed by atoms with Crippen LogP contribution >= 0.6 is 11.3 Å². The van der Waals surface area contributed by atoms with Crippen molar-refractivity contribution in [3.8, 4) is 5.75 Å². The normalized spacial score (nSPS) is 13.7. The van der Waals surface area contributed by atoms with Gasteiger partial charge in [0, 0.05) is 18.0 Å². The van der Waals surface area contributed by atoms with E-state index < -0.39 is 22.5 Å². The van der Waals surface area contributed by atoms with E-state index in [1.807, 2.05) is 12.1 Å². The molecule has 27 heavy (non-hydrogen) atoms. The Kier molecular flexibility index (Phi) is 5.66. The molecule has 0 unspecified atom stereocenters. The number of amides is 1. The molecule has 146 valence electrons. The third kappa shape index (κ3) is 4.38. The van der Waals surface area contributed by atoms with Crippen LogP contribution < -0.4 is 14.4 Å². The molecule has 10 heteroatoms. The van der Waals surface area contributed by atoms with Crippen molar-refractivity contribution < 1.29 is 26.7 Å². The van der Waals surface area contributed by atoms with Crippen molar-refractivity contribution in [1.29, 1.82) is 0 Å². The summed E-state index contributed by atoms with van der Waals surface area (Å²) in [6.45, 7) is -1.15. The van der Waals surface area contributed by atoms with Crippen molar-refractivity contribution in [2.45, 2.75) is 20.0 Å². The Bertz CT molecular complexity index is 944. The van der Waals surface area contributed by atoms with Gasteiger partial charge in [-0.05, 0) is 31.0 Å². The molecule has 1 aromatic heterocycles. The van der Waals surface area contributed by atoms with Crippen molar-refractivity contribution in [2.75, 3.05) is 23.1 Å². The Morgan fingerprint density at radius 3 is 2.85 bits per heavy atom. The molecule has 1 aliphatic rings. The highest BCUT2D eigenvalue weighted by molar-refractivity contribution is 7.92. The number of alkyl halides is 2. The third-order valence-electron chi connectivity index (χ3n) is 4.07. The fourth-order valence-electron chi connectivity index (χ4n) is 2.91. The van der Waals surface area contributed by atoms with E-state index in [4.69, 9.17) is 0 Å². The van der Waals surface area contributed by atoms with Gasteiger partial charge < -0.3 is 10.1 Å². The van der Waals surface area contributed by atoms with Crippen LogP contribution in [0.5, 0.6) is 5.75 Å². The lowest BCUT2D eigenvalue weighted by atomic mass is 10.2. The zero-order valence-electron chi connectivity index (χ0n) is 14.4. The molecule has 1 aromatic carbocycles. The maximum Gasteiger partial charge on any atom is 0.387 e. The number of aryl methyl sites for hydroxylation is 1. The predicted molar refractivity (Wildman–Crippen MR) is 99.3 cm³/mol. The minimum absolute atomic E-state index is 0.00304. The van der Waals surface area contributed by atoms with E-state index in [9.17, 15) is 22.0 Å². The summed E-state index contributed by atoms with van der Waals surface area (Å²) in [7, 11) is -3.60. The van der Waals surface area contributed by atoms with E-state index in [0.717, 1.165) is 16.9 Å². The number of sulfonamides is 1. The standard InChI is InChI=1S/C17H18F2N2O4S2/c1-11-10-14(25-17(18)19)15(26-11)16(22)20-7-9-27(23,24)21-8-6-12-4-2-3-5-13(12)21/h2-5,10,17H,6-9H2,1H3,(H,20,22). The summed E-state index contributed by atoms with van der Waals surface area (Å²) in [6.07, 6.45) is 0.643. The van der Waals surface area contributed by atoms with Crippen LogP contribution in [-0.2, 0) is 16.4 Å². The number of carbonyl (C=O) groups is 1. The summed E-state index contributed by atoms with van der Waals surface area (Å²) in [5.74, 6) is -1.13. The monoisotopic (exact) mass is 416 g/mol. The maximum atomic E-state index is 12.6. The molecule has 0 radical (unpaired) electrons. The van der Waals surface area contributed by atoms with Gasteiger partial charge in [-0.2, -0.15) is 8.78 Å². The summed E-state index contributed by atoms with van der Waals surface area (Å²) >= 11 is 1.01. The van der Waals surface area contributed by atoms with Crippen LogP contribution in [-0.4, -0.2) is 39.8 Å². The first-order valence-electron chi connectivity index (χ1n) is 8.19. The molecule has 1 aliphatic heterocycles. The van der Waals surface area contributed by atoms with Crippen LogP contribution in [0.25, 0.3) is 0 Å². The summed E-state index contributed by atoms with van der Waals surface area (Å²) in [6, 6.07) is 8.62. The van der Waals surface area contributed by atoms with Gasteiger partial charge in [0.25, 0.3) is 5.91 Å². The Labute approximate surface area is 159 Å². The summed E-state index contributed by atoms with van der Waals surface area (Å²) in [4.78, 5) is 12.9. The summed E-state index contributed by atoms with van der Waals surface area (Å²) < 4.78 is 55.7. The van der Waals surface area contributed by atoms with Crippen LogP contribution in [0.3, 0.4) is 0 Å². The largest absolute Gasteiger partial charge is 0.433 e. The van der Waals surface area contributed by atoms with E-state index >= 15 is 0 Å². The number of carbonyl (C=O) groups excluding carboxylic acids is 1. The number of nitrogens with zero attached hydrogens (tertiary/aromatic N) is 1. The van der Waals surface area contributed by atoms with Gasteiger partial charge in [0.1, 0.15) is 10.6 Å².